The summed E-state index contributed by atoms with van der Waals surface area (Å²) in [7, 11) is 0. The fourth-order valence-electron chi connectivity index (χ4n) is 1.30. The van der Waals surface area contributed by atoms with Crippen LogP contribution in [0, 0.1) is 0 Å². The third-order valence-corrected chi connectivity index (χ3v) is 2.85. The van der Waals surface area contributed by atoms with E-state index in [1.54, 1.807) is 6.07 Å². The summed E-state index contributed by atoms with van der Waals surface area (Å²) < 4.78 is 4.70. The maximum atomic E-state index is 11.8. The van der Waals surface area contributed by atoms with Crippen LogP contribution < -0.4 is 0 Å². The second kappa shape index (κ2) is 6.04. The monoisotopic (exact) mass is 304 g/mol. The standard InChI is InChI=1S/C12H10Cl2O5/c1-7(15)6-12(14,11(17)18)19-10(16)8-4-2-3-5-9(8)13/h2-5H,6H2,1H3,(H,17,18). The molecule has 0 radical (unpaired) electrons. The van der Waals surface area contributed by atoms with Crippen molar-refractivity contribution in [3.63, 3.8) is 0 Å². The van der Waals surface area contributed by atoms with Crippen molar-refractivity contribution < 1.29 is 24.2 Å². The van der Waals surface area contributed by atoms with Crippen molar-refractivity contribution in [3.8, 4) is 0 Å². The van der Waals surface area contributed by atoms with Gasteiger partial charge in [0.05, 0.1) is 17.0 Å². The number of halogens is 2. The van der Waals surface area contributed by atoms with Gasteiger partial charge in [-0.2, -0.15) is 0 Å². The number of ether oxygens (including phenoxy) is 1. The first-order valence-electron chi connectivity index (χ1n) is 5.16. The van der Waals surface area contributed by atoms with Crippen LogP contribution in [0.25, 0.3) is 0 Å². The van der Waals surface area contributed by atoms with Crippen LogP contribution in [0.3, 0.4) is 0 Å². The summed E-state index contributed by atoms with van der Waals surface area (Å²) in [4.78, 5) is 33.8. The van der Waals surface area contributed by atoms with E-state index in [-0.39, 0.29) is 10.6 Å². The predicted molar refractivity (Wildman–Crippen MR) is 68.4 cm³/mol. The van der Waals surface area contributed by atoms with Gasteiger partial charge in [-0.1, -0.05) is 35.3 Å². The van der Waals surface area contributed by atoms with Gasteiger partial charge in [0.25, 0.3) is 5.06 Å². The number of esters is 1. The lowest BCUT2D eigenvalue weighted by Crippen LogP contribution is -2.39. The summed E-state index contributed by atoms with van der Waals surface area (Å²) >= 11 is 11.4. The SMILES string of the molecule is CC(=O)CC(Cl)(OC(=O)c1ccccc1Cl)C(=O)O. The molecule has 0 saturated carbocycles. The first kappa shape index (κ1) is 15.5. The molecule has 0 amide bonds. The molecule has 5 nitrogen and oxygen atoms in total. The highest BCUT2D eigenvalue weighted by atomic mass is 35.5. The van der Waals surface area contributed by atoms with Gasteiger partial charge in [0, 0.05) is 0 Å². The Hall–Kier alpha value is -1.59. The van der Waals surface area contributed by atoms with Crippen LogP contribution in [0.5, 0.6) is 0 Å². The van der Waals surface area contributed by atoms with E-state index in [1.165, 1.54) is 18.2 Å². The highest BCUT2D eigenvalue weighted by Gasteiger charge is 2.42. The summed E-state index contributed by atoms with van der Waals surface area (Å²) in [5.41, 5.74) is -0.0287. The Balaban J connectivity index is 2.98. The third-order valence-electron chi connectivity index (χ3n) is 2.14. The molecule has 1 aromatic rings. The molecule has 0 spiro atoms. The lowest BCUT2D eigenvalue weighted by molar-refractivity contribution is -0.153. The zero-order valence-corrected chi connectivity index (χ0v) is 11.4. The fourth-order valence-corrected chi connectivity index (χ4v) is 1.78. The minimum atomic E-state index is -2.43. The quantitative estimate of drug-likeness (QED) is 0.667. The Morgan fingerprint density at radius 1 is 1.32 bits per heavy atom. The van der Waals surface area contributed by atoms with E-state index in [0.717, 1.165) is 6.92 Å². The van der Waals surface area contributed by atoms with Crippen LogP contribution in [-0.4, -0.2) is 27.9 Å². The molecule has 0 saturated heterocycles. The highest BCUT2D eigenvalue weighted by molar-refractivity contribution is 6.35. The van der Waals surface area contributed by atoms with Gasteiger partial charge in [-0.15, -0.1) is 0 Å². The van der Waals surface area contributed by atoms with Gasteiger partial charge in [0.2, 0.25) is 0 Å². The molecule has 19 heavy (non-hydrogen) atoms. The Kier molecular flexibility index (Phi) is 4.91. The van der Waals surface area contributed by atoms with Crippen LogP contribution in [0.15, 0.2) is 24.3 Å². The van der Waals surface area contributed by atoms with Crippen molar-refractivity contribution in [2.45, 2.75) is 18.4 Å². The average molecular weight is 305 g/mol. The second-order valence-electron chi connectivity index (χ2n) is 3.78. The number of carbonyl (C=O) groups is 3. The van der Waals surface area contributed by atoms with E-state index in [1.807, 2.05) is 0 Å². The molecule has 0 aliphatic rings. The lowest BCUT2D eigenvalue weighted by Gasteiger charge is -2.21. The number of ketones is 1. The maximum Gasteiger partial charge on any atom is 0.364 e. The summed E-state index contributed by atoms with van der Waals surface area (Å²) in [5, 5.41) is 6.62. The largest absolute Gasteiger partial charge is 0.477 e. The number of hydrogen-bond donors (Lipinski definition) is 1. The zero-order valence-electron chi connectivity index (χ0n) is 9.85. The predicted octanol–water partition coefficient (Wildman–Crippen LogP) is 2.50. The number of alkyl halides is 1. The number of carbonyl (C=O) groups excluding carboxylic acids is 2. The Bertz CT molecular complexity index is 529. The van der Waals surface area contributed by atoms with Gasteiger partial charge in [0.1, 0.15) is 5.78 Å². The fraction of sp³-hybridized carbons (Fsp3) is 0.250. The maximum absolute atomic E-state index is 11.8. The molecule has 1 aromatic carbocycles. The average Bonchev–Trinajstić information content (AvgIpc) is 2.27. The molecule has 0 aliphatic carbocycles. The first-order chi connectivity index (χ1) is 8.76. The van der Waals surface area contributed by atoms with E-state index >= 15 is 0 Å². The highest BCUT2D eigenvalue weighted by Crippen LogP contribution is 2.26. The molecule has 1 N–H and O–H groups in total. The number of rotatable bonds is 5. The van der Waals surface area contributed by atoms with Crippen molar-refractivity contribution in [2.24, 2.45) is 0 Å². The molecule has 1 unspecified atom stereocenters. The molecular formula is C12H10Cl2O5. The molecule has 1 rings (SSSR count). The van der Waals surface area contributed by atoms with Gasteiger partial charge in [-0.3, -0.25) is 4.79 Å². The van der Waals surface area contributed by atoms with E-state index in [0.29, 0.717) is 0 Å². The number of hydrogen-bond acceptors (Lipinski definition) is 4. The molecule has 102 valence electrons. The smallest absolute Gasteiger partial charge is 0.364 e. The normalized spacial score (nSPS) is 13.4. The first-order valence-corrected chi connectivity index (χ1v) is 5.91. The van der Waals surface area contributed by atoms with Gasteiger partial charge >= 0.3 is 11.9 Å². The van der Waals surface area contributed by atoms with Gasteiger partial charge in [-0.25, -0.2) is 9.59 Å². The van der Waals surface area contributed by atoms with Crippen molar-refractivity contribution >= 4 is 40.9 Å². The van der Waals surface area contributed by atoms with E-state index in [4.69, 9.17) is 33.0 Å². The molecule has 0 fully saturated rings. The minimum Gasteiger partial charge on any atom is -0.477 e. The minimum absolute atomic E-state index is 0.0287. The molecule has 7 heteroatoms. The van der Waals surface area contributed by atoms with E-state index < -0.39 is 29.2 Å². The molecule has 1 atom stereocenters. The van der Waals surface area contributed by atoms with Crippen molar-refractivity contribution in [3.05, 3.63) is 34.9 Å². The summed E-state index contributed by atoms with van der Waals surface area (Å²) in [6.07, 6.45) is -0.639. The number of Topliss-reactive ketones (excluding diaryl/α,β-unsaturated/α-hetero) is 1. The zero-order chi connectivity index (χ0) is 14.6. The van der Waals surface area contributed by atoms with Gasteiger partial charge in [0.15, 0.2) is 0 Å². The van der Waals surface area contributed by atoms with Crippen molar-refractivity contribution in [1.29, 1.82) is 0 Å². The summed E-state index contributed by atoms with van der Waals surface area (Å²) in [6.45, 7) is 1.14. The Morgan fingerprint density at radius 2 is 1.89 bits per heavy atom. The number of aliphatic carboxylic acids is 1. The van der Waals surface area contributed by atoms with Crippen LogP contribution in [0.1, 0.15) is 23.7 Å². The van der Waals surface area contributed by atoms with E-state index in [2.05, 4.69) is 0 Å². The lowest BCUT2D eigenvalue weighted by atomic mass is 10.2. The number of carboxylic acid groups (broad SMARTS) is 1. The van der Waals surface area contributed by atoms with Crippen molar-refractivity contribution in [1.82, 2.24) is 0 Å². The number of carboxylic acids is 1. The van der Waals surface area contributed by atoms with Gasteiger partial charge < -0.3 is 9.84 Å². The number of benzene rings is 1. The summed E-state index contributed by atoms with van der Waals surface area (Å²) in [6, 6.07) is 5.93. The summed E-state index contributed by atoms with van der Waals surface area (Å²) in [5.74, 6) is -3.15. The second-order valence-corrected chi connectivity index (χ2v) is 4.80. The van der Waals surface area contributed by atoms with Crippen LogP contribution in [0.2, 0.25) is 5.02 Å². The molecule has 0 aromatic heterocycles. The van der Waals surface area contributed by atoms with Crippen LogP contribution in [0.4, 0.5) is 0 Å². The van der Waals surface area contributed by atoms with Crippen molar-refractivity contribution in [2.75, 3.05) is 0 Å². The van der Waals surface area contributed by atoms with Gasteiger partial charge in [-0.05, 0) is 19.1 Å². The Labute approximate surface area is 119 Å². The van der Waals surface area contributed by atoms with E-state index in [9.17, 15) is 14.4 Å². The topological polar surface area (TPSA) is 80.7 Å². The Morgan fingerprint density at radius 3 is 2.37 bits per heavy atom. The molecule has 0 aliphatic heterocycles. The molecule has 0 bridgehead atoms. The third kappa shape index (κ3) is 3.94. The molecular weight excluding hydrogens is 295 g/mol. The van der Waals surface area contributed by atoms with Crippen LogP contribution >= 0.6 is 23.2 Å². The van der Waals surface area contributed by atoms with Crippen LogP contribution in [-0.2, 0) is 14.3 Å². The molecule has 0 heterocycles.